The fourth-order valence-electron chi connectivity index (χ4n) is 4.23. The fourth-order valence-corrected chi connectivity index (χ4v) is 4.23. The molecule has 0 bridgehead atoms. The number of halogens is 2. The third kappa shape index (κ3) is 7.90. The summed E-state index contributed by atoms with van der Waals surface area (Å²) in [5.41, 5.74) is 1.79. The lowest BCUT2D eigenvalue weighted by atomic mass is 10.1. The van der Waals surface area contributed by atoms with E-state index in [2.05, 4.69) is 10.2 Å². The number of methoxy groups -OCH3 is 1. The first kappa shape index (κ1) is 27.3. The van der Waals surface area contributed by atoms with Crippen LogP contribution in [0.4, 0.5) is 19.3 Å². The molecule has 202 valence electrons. The van der Waals surface area contributed by atoms with Gasteiger partial charge in [0.25, 0.3) is 0 Å². The van der Waals surface area contributed by atoms with Gasteiger partial charge in [-0.15, -0.1) is 0 Å². The molecule has 7 nitrogen and oxygen atoms in total. The average molecular weight is 526 g/mol. The third-order valence-electron chi connectivity index (χ3n) is 6.30. The van der Waals surface area contributed by atoms with Crippen LogP contribution in [0.3, 0.4) is 0 Å². The minimum absolute atomic E-state index is 0.0724. The molecule has 0 aromatic heterocycles. The van der Waals surface area contributed by atoms with Gasteiger partial charge in [-0.25, -0.2) is 13.6 Å². The van der Waals surface area contributed by atoms with Gasteiger partial charge < -0.3 is 24.4 Å². The monoisotopic (exact) mass is 525 g/mol. The SMILES string of the molecule is COc1cc(CN(CCCN2CCOCC2)C(=O)Nc2ccc(F)cc2F)ccc1OCc1ccccc1. The highest BCUT2D eigenvalue weighted by atomic mass is 19.1. The molecule has 2 amide bonds. The first-order chi connectivity index (χ1) is 18.5. The molecule has 1 fully saturated rings. The van der Waals surface area contributed by atoms with E-state index in [1.54, 1.807) is 12.0 Å². The van der Waals surface area contributed by atoms with E-state index in [-0.39, 0.29) is 12.2 Å². The molecule has 1 N–H and O–H groups in total. The first-order valence-electron chi connectivity index (χ1n) is 12.7. The van der Waals surface area contributed by atoms with Crippen LogP contribution in [0.5, 0.6) is 11.5 Å². The van der Waals surface area contributed by atoms with Gasteiger partial charge in [0.05, 0.1) is 26.0 Å². The molecule has 0 unspecified atom stereocenters. The highest BCUT2D eigenvalue weighted by Crippen LogP contribution is 2.29. The number of nitrogens with one attached hydrogen (secondary N) is 1. The Bertz CT molecular complexity index is 1190. The van der Waals surface area contributed by atoms with Gasteiger partial charge >= 0.3 is 6.03 Å². The van der Waals surface area contributed by atoms with Crippen molar-refractivity contribution in [1.82, 2.24) is 9.80 Å². The van der Waals surface area contributed by atoms with E-state index in [9.17, 15) is 13.6 Å². The van der Waals surface area contributed by atoms with E-state index < -0.39 is 17.7 Å². The van der Waals surface area contributed by atoms with E-state index in [0.29, 0.717) is 37.9 Å². The lowest BCUT2D eigenvalue weighted by Gasteiger charge is -2.28. The molecule has 0 saturated carbocycles. The quantitative estimate of drug-likeness (QED) is 0.368. The molecule has 0 atom stereocenters. The number of morpholine rings is 1. The lowest BCUT2D eigenvalue weighted by molar-refractivity contribution is 0.0365. The topological polar surface area (TPSA) is 63.3 Å². The summed E-state index contributed by atoms with van der Waals surface area (Å²) in [6.07, 6.45) is 0.731. The Morgan fingerprint density at radius 1 is 1.00 bits per heavy atom. The van der Waals surface area contributed by atoms with Crippen LogP contribution in [0.2, 0.25) is 0 Å². The van der Waals surface area contributed by atoms with Gasteiger partial charge in [0.15, 0.2) is 11.5 Å². The summed E-state index contributed by atoms with van der Waals surface area (Å²) < 4.78 is 44.4. The Morgan fingerprint density at radius 3 is 2.53 bits per heavy atom. The summed E-state index contributed by atoms with van der Waals surface area (Å²) in [5, 5.41) is 2.58. The van der Waals surface area contributed by atoms with Crippen molar-refractivity contribution >= 4 is 11.7 Å². The third-order valence-corrected chi connectivity index (χ3v) is 6.30. The number of carbonyl (C=O) groups excluding carboxylic acids is 1. The maximum atomic E-state index is 14.2. The van der Waals surface area contributed by atoms with Crippen LogP contribution >= 0.6 is 0 Å². The molecule has 4 rings (SSSR count). The number of carbonyl (C=O) groups is 1. The van der Waals surface area contributed by atoms with Crippen molar-refractivity contribution in [3.63, 3.8) is 0 Å². The van der Waals surface area contributed by atoms with E-state index in [4.69, 9.17) is 14.2 Å². The highest BCUT2D eigenvalue weighted by Gasteiger charge is 2.19. The molecular formula is C29H33F2N3O4. The Labute approximate surface area is 221 Å². The highest BCUT2D eigenvalue weighted by molar-refractivity contribution is 5.89. The van der Waals surface area contributed by atoms with Crippen LogP contribution in [-0.4, -0.2) is 62.3 Å². The summed E-state index contributed by atoms with van der Waals surface area (Å²) in [6.45, 7) is 5.04. The van der Waals surface area contributed by atoms with E-state index >= 15 is 0 Å². The van der Waals surface area contributed by atoms with Crippen molar-refractivity contribution in [2.24, 2.45) is 0 Å². The summed E-state index contributed by atoms with van der Waals surface area (Å²) in [7, 11) is 1.57. The molecule has 3 aromatic rings. The number of ether oxygens (including phenoxy) is 3. The van der Waals surface area contributed by atoms with E-state index in [0.717, 1.165) is 49.3 Å². The van der Waals surface area contributed by atoms with Crippen LogP contribution in [0, 0.1) is 11.6 Å². The van der Waals surface area contributed by atoms with Crippen molar-refractivity contribution < 1.29 is 27.8 Å². The smallest absolute Gasteiger partial charge is 0.322 e. The maximum Gasteiger partial charge on any atom is 0.322 e. The Hall–Kier alpha value is -3.69. The number of anilines is 1. The number of rotatable bonds is 11. The number of nitrogens with zero attached hydrogens (tertiary/aromatic N) is 2. The van der Waals surface area contributed by atoms with Crippen molar-refractivity contribution in [3.8, 4) is 11.5 Å². The maximum absolute atomic E-state index is 14.2. The summed E-state index contributed by atoms with van der Waals surface area (Å²) in [5.74, 6) is -0.383. The Balaban J connectivity index is 1.44. The molecule has 0 radical (unpaired) electrons. The van der Waals surface area contributed by atoms with Crippen LogP contribution < -0.4 is 14.8 Å². The predicted molar refractivity (Wildman–Crippen MR) is 141 cm³/mol. The number of urea groups is 1. The van der Waals surface area contributed by atoms with Crippen molar-refractivity contribution in [2.75, 3.05) is 51.8 Å². The second-order valence-electron chi connectivity index (χ2n) is 9.04. The predicted octanol–water partition coefficient (Wildman–Crippen LogP) is 5.31. The molecule has 1 saturated heterocycles. The minimum Gasteiger partial charge on any atom is -0.493 e. The van der Waals surface area contributed by atoms with Crippen LogP contribution in [0.15, 0.2) is 66.7 Å². The summed E-state index contributed by atoms with van der Waals surface area (Å²) in [6, 6.07) is 18.0. The van der Waals surface area contributed by atoms with Gasteiger partial charge in [0, 0.05) is 38.8 Å². The molecule has 0 aliphatic carbocycles. The molecule has 0 spiro atoms. The van der Waals surface area contributed by atoms with Gasteiger partial charge in [-0.3, -0.25) is 4.90 Å². The Morgan fingerprint density at radius 2 is 1.79 bits per heavy atom. The van der Waals surface area contributed by atoms with Crippen molar-refractivity contribution in [3.05, 3.63) is 89.5 Å². The van der Waals surface area contributed by atoms with Crippen LogP contribution in [0.25, 0.3) is 0 Å². The first-order valence-corrected chi connectivity index (χ1v) is 12.7. The fraction of sp³-hybridized carbons (Fsp3) is 0.345. The second kappa shape index (κ2) is 13.7. The van der Waals surface area contributed by atoms with Gasteiger partial charge in [-0.05, 0) is 41.8 Å². The molecular weight excluding hydrogens is 492 g/mol. The van der Waals surface area contributed by atoms with Gasteiger partial charge in [0.1, 0.15) is 18.2 Å². The lowest BCUT2D eigenvalue weighted by Crippen LogP contribution is -2.40. The molecule has 1 heterocycles. The Kier molecular flexibility index (Phi) is 9.89. The largest absolute Gasteiger partial charge is 0.493 e. The average Bonchev–Trinajstić information content (AvgIpc) is 2.94. The molecule has 9 heteroatoms. The van der Waals surface area contributed by atoms with Gasteiger partial charge in [-0.1, -0.05) is 36.4 Å². The normalized spacial score (nSPS) is 13.7. The molecule has 3 aromatic carbocycles. The summed E-state index contributed by atoms with van der Waals surface area (Å²) >= 11 is 0. The minimum atomic E-state index is -0.826. The number of hydrogen-bond donors (Lipinski definition) is 1. The number of benzene rings is 3. The summed E-state index contributed by atoms with van der Waals surface area (Å²) in [4.78, 5) is 17.1. The zero-order chi connectivity index (χ0) is 26.7. The number of amides is 2. The van der Waals surface area contributed by atoms with E-state index in [1.165, 1.54) is 6.07 Å². The molecule has 1 aliphatic heterocycles. The van der Waals surface area contributed by atoms with Crippen molar-refractivity contribution in [1.29, 1.82) is 0 Å². The second-order valence-corrected chi connectivity index (χ2v) is 9.04. The molecule has 38 heavy (non-hydrogen) atoms. The molecule has 1 aliphatic rings. The van der Waals surface area contributed by atoms with Crippen molar-refractivity contribution in [2.45, 2.75) is 19.6 Å². The van der Waals surface area contributed by atoms with Gasteiger partial charge in [0.2, 0.25) is 0 Å². The standard InChI is InChI=1S/C29H33F2N3O4/c1-36-28-18-23(8-11-27(28)38-21-22-6-3-2-4-7-22)20-34(13-5-12-33-14-16-37-17-15-33)29(35)32-26-10-9-24(30)19-25(26)31/h2-4,6-11,18-19H,5,12-17,20-21H2,1H3,(H,32,35). The van der Waals surface area contributed by atoms with E-state index in [1.807, 2.05) is 48.5 Å². The number of hydrogen-bond acceptors (Lipinski definition) is 5. The van der Waals surface area contributed by atoms with Crippen LogP contribution in [0.1, 0.15) is 17.5 Å². The zero-order valence-corrected chi connectivity index (χ0v) is 21.5. The van der Waals surface area contributed by atoms with Crippen LogP contribution in [-0.2, 0) is 17.9 Å². The zero-order valence-electron chi connectivity index (χ0n) is 21.5. The van der Waals surface area contributed by atoms with Gasteiger partial charge in [-0.2, -0.15) is 0 Å².